The van der Waals surface area contributed by atoms with E-state index in [4.69, 9.17) is 0 Å². The predicted molar refractivity (Wildman–Crippen MR) is 115 cm³/mol. The fourth-order valence-electron chi connectivity index (χ4n) is 2.51. The monoisotopic (exact) mass is 403 g/mol. The Morgan fingerprint density at radius 1 is 0.862 bits per heavy atom. The fraction of sp³-hybridized carbons (Fsp3) is 0.0435. The van der Waals surface area contributed by atoms with Crippen molar-refractivity contribution in [3.05, 3.63) is 107 Å². The van der Waals surface area contributed by atoms with Crippen molar-refractivity contribution in [2.24, 2.45) is 0 Å². The molecule has 3 aromatic rings. The number of rotatable bonds is 7. The lowest BCUT2D eigenvalue weighted by Crippen LogP contribution is -2.17. The van der Waals surface area contributed by atoms with Crippen LogP contribution < -0.4 is 10.6 Å². The van der Waals surface area contributed by atoms with E-state index in [1.807, 2.05) is 42.5 Å². The molecule has 2 N–H and O–H groups in total. The number of carbonyl (C=O) groups excluding carboxylic acids is 1. The molecule has 0 aliphatic heterocycles. The van der Waals surface area contributed by atoms with E-state index in [1.165, 1.54) is 17.8 Å². The minimum absolute atomic E-state index is 0.0703. The fourth-order valence-corrected chi connectivity index (χ4v) is 3.52. The van der Waals surface area contributed by atoms with Crippen molar-refractivity contribution in [3.8, 4) is 6.07 Å². The van der Waals surface area contributed by atoms with Gasteiger partial charge in [0.25, 0.3) is 5.91 Å². The second-order valence-electron chi connectivity index (χ2n) is 6.01. The number of anilines is 2. The third kappa shape index (κ3) is 5.71. The van der Waals surface area contributed by atoms with Crippen LogP contribution >= 0.6 is 11.8 Å². The number of hydrogen-bond donors (Lipinski definition) is 2. The molecule has 0 atom stereocenters. The molecule has 0 aliphatic rings. The van der Waals surface area contributed by atoms with Gasteiger partial charge in [-0.25, -0.2) is 4.39 Å². The maximum Gasteiger partial charge on any atom is 0.269 e. The van der Waals surface area contributed by atoms with E-state index >= 15 is 0 Å². The number of nitrogens with one attached hydrogen (secondary N) is 2. The molecule has 4 nitrogen and oxygen atoms in total. The summed E-state index contributed by atoms with van der Waals surface area (Å²) in [5.74, 6) is -0.587. The first-order valence-electron chi connectivity index (χ1n) is 8.86. The molecule has 0 saturated carbocycles. The van der Waals surface area contributed by atoms with Crippen molar-refractivity contribution in [3.63, 3.8) is 0 Å². The van der Waals surface area contributed by atoms with E-state index in [0.717, 1.165) is 5.69 Å². The van der Waals surface area contributed by atoms with Crippen LogP contribution in [0, 0.1) is 17.1 Å². The SMILES string of the molecule is N#C/C(C(=O)Nc1ccccc1)=C(\Nc1ccccc1)SCc1ccccc1F. The van der Waals surface area contributed by atoms with E-state index in [2.05, 4.69) is 10.6 Å². The lowest BCUT2D eigenvalue weighted by molar-refractivity contribution is -0.112. The molecule has 0 saturated heterocycles. The van der Waals surface area contributed by atoms with Gasteiger partial charge >= 0.3 is 0 Å². The van der Waals surface area contributed by atoms with Gasteiger partial charge in [0.05, 0.1) is 5.03 Å². The van der Waals surface area contributed by atoms with E-state index in [1.54, 1.807) is 42.5 Å². The molecule has 0 bridgehead atoms. The number of amides is 1. The van der Waals surface area contributed by atoms with Crippen molar-refractivity contribution < 1.29 is 9.18 Å². The van der Waals surface area contributed by atoms with Gasteiger partial charge in [-0.05, 0) is 35.9 Å². The van der Waals surface area contributed by atoms with Crippen LogP contribution in [0.5, 0.6) is 0 Å². The topological polar surface area (TPSA) is 64.9 Å². The summed E-state index contributed by atoms with van der Waals surface area (Å²) >= 11 is 1.20. The molecule has 1 amide bonds. The molecule has 0 aromatic heterocycles. The molecule has 0 fully saturated rings. The van der Waals surface area contributed by atoms with Crippen molar-refractivity contribution >= 4 is 29.0 Å². The summed E-state index contributed by atoms with van der Waals surface area (Å²) in [6.07, 6.45) is 0. The van der Waals surface area contributed by atoms with Gasteiger partial charge in [-0.15, -0.1) is 11.8 Å². The molecule has 3 rings (SSSR count). The van der Waals surface area contributed by atoms with Crippen LogP contribution in [0.2, 0.25) is 0 Å². The molecule has 144 valence electrons. The van der Waals surface area contributed by atoms with Crippen molar-refractivity contribution in [1.29, 1.82) is 5.26 Å². The lowest BCUT2D eigenvalue weighted by atomic mass is 10.2. The average molecular weight is 403 g/mol. The van der Waals surface area contributed by atoms with Crippen LogP contribution in [0.4, 0.5) is 15.8 Å². The normalized spacial score (nSPS) is 11.2. The Morgan fingerprint density at radius 3 is 2.00 bits per heavy atom. The quantitative estimate of drug-likeness (QED) is 0.401. The summed E-state index contributed by atoms with van der Waals surface area (Å²) in [6.45, 7) is 0. The maximum absolute atomic E-state index is 14.0. The Morgan fingerprint density at radius 2 is 1.41 bits per heavy atom. The molecule has 29 heavy (non-hydrogen) atoms. The smallest absolute Gasteiger partial charge is 0.269 e. The van der Waals surface area contributed by atoms with Gasteiger partial charge in [0.15, 0.2) is 0 Å². The Kier molecular flexibility index (Phi) is 7.04. The molecule has 0 heterocycles. The minimum Gasteiger partial charge on any atom is -0.349 e. The summed E-state index contributed by atoms with van der Waals surface area (Å²) in [5.41, 5.74) is 1.73. The van der Waals surface area contributed by atoms with Gasteiger partial charge in [-0.1, -0.05) is 54.6 Å². The number of halogens is 1. The Bertz CT molecular complexity index is 1050. The number of hydrogen-bond acceptors (Lipinski definition) is 4. The largest absolute Gasteiger partial charge is 0.349 e. The molecule has 0 spiro atoms. The van der Waals surface area contributed by atoms with Crippen LogP contribution in [0.15, 0.2) is 95.5 Å². The van der Waals surface area contributed by atoms with Gasteiger partial charge in [0.1, 0.15) is 17.5 Å². The van der Waals surface area contributed by atoms with E-state index < -0.39 is 5.91 Å². The van der Waals surface area contributed by atoms with Crippen LogP contribution in [0.1, 0.15) is 5.56 Å². The molecule has 0 unspecified atom stereocenters. The number of nitrogens with zero attached hydrogens (tertiary/aromatic N) is 1. The molecule has 0 radical (unpaired) electrons. The Labute approximate surface area is 173 Å². The molecule has 3 aromatic carbocycles. The summed E-state index contributed by atoms with van der Waals surface area (Å²) in [7, 11) is 0. The number of para-hydroxylation sites is 2. The summed E-state index contributed by atoms with van der Waals surface area (Å²) < 4.78 is 14.0. The van der Waals surface area contributed by atoms with Gasteiger partial charge < -0.3 is 10.6 Å². The van der Waals surface area contributed by atoms with E-state index in [-0.39, 0.29) is 17.1 Å². The average Bonchev–Trinajstić information content (AvgIpc) is 2.75. The minimum atomic E-state index is -0.529. The highest BCUT2D eigenvalue weighted by atomic mass is 32.2. The van der Waals surface area contributed by atoms with Gasteiger partial charge in [0, 0.05) is 17.1 Å². The van der Waals surface area contributed by atoms with Crippen LogP contribution in [0.3, 0.4) is 0 Å². The van der Waals surface area contributed by atoms with Gasteiger partial charge in [-0.3, -0.25) is 4.79 Å². The number of nitriles is 1. The van der Waals surface area contributed by atoms with Crippen molar-refractivity contribution in [2.75, 3.05) is 10.6 Å². The van der Waals surface area contributed by atoms with Gasteiger partial charge in [-0.2, -0.15) is 5.26 Å². The molecular formula is C23H18FN3OS. The zero-order chi connectivity index (χ0) is 20.5. The second-order valence-corrected chi connectivity index (χ2v) is 6.99. The molecular weight excluding hydrogens is 385 g/mol. The van der Waals surface area contributed by atoms with Crippen LogP contribution in [-0.4, -0.2) is 5.91 Å². The number of thioether (sulfide) groups is 1. The molecule has 0 aliphatic carbocycles. The van der Waals surface area contributed by atoms with Crippen LogP contribution in [-0.2, 0) is 10.5 Å². The lowest BCUT2D eigenvalue weighted by Gasteiger charge is -2.14. The highest BCUT2D eigenvalue weighted by Gasteiger charge is 2.17. The standard InChI is InChI=1S/C23H18FN3OS/c24-21-14-8-7-9-17(21)16-29-23(27-19-12-5-2-6-13-19)20(15-25)22(28)26-18-10-3-1-4-11-18/h1-14,27H,16H2,(H,26,28)/b23-20-. The zero-order valence-corrected chi connectivity index (χ0v) is 16.2. The third-order valence-electron chi connectivity index (χ3n) is 3.96. The number of benzene rings is 3. The third-order valence-corrected chi connectivity index (χ3v) is 5.01. The first-order chi connectivity index (χ1) is 14.2. The number of carbonyl (C=O) groups is 1. The Balaban J connectivity index is 1.89. The van der Waals surface area contributed by atoms with E-state index in [9.17, 15) is 14.4 Å². The van der Waals surface area contributed by atoms with Crippen LogP contribution in [0.25, 0.3) is 0 Å². The first kappa shape index (κ1) is 20.2. The Hall–Kier alpha value is -3.56. The summed E-state index contributed by atoms with van der Waals surface area (Å²) in [6, 6.07) is 26.5. The van der Waals surface area contributed by atoms with E-state index in [0.29, 0.717) is 16.3 Å². The predicted octanol–water partition coefficient (Wildman–Crippen LogP) is 5.54. The maximum atomic E-state index is 14.0. The van der Waals surface area contributed by atoms with Crippen molar-refractivity contribution in [1.82, 2.24) is 0 Å². The zero-order valence-electron chi connectivity index (χ0n) is 15.4. The summed E-state index contributed by atoms with van der Waals surface area (Å²) in [5, 5.41) is 15.9. The second kappa shape index (κ2) is 10.1. The van der Waals surface area contributed by atoms with Crippen molar-refractivity contribution in [2.45, 2.75) is 5.75 Å². The summed E-state index contributed by atoms with van der Waals surface area (Å²) in [4.78, 5) is 12.7. The highest BCUT2D eigenvalue weighted by Crippen LogP contribution is 2.27. The first-order valence-corrected chi connectivity index (χ1v) is 9.85. The van der Waals surface area contributed by atoms with Gasteiger partial charge in [0.2, 0.25) is 0 Å². The highest BCUT2D eigenvalue weighted by molar-refractivity contribution is 8.02. The molecule has 6 heteroatoms.